The van der Waals surface area contributed by atoms with Crippen LogP contribution in [0, 0.1) is 0 Å². The van der Waals surface area contributed by atoms with Gasteiger partial charge in [-0.05, 0) is 54.8 Å². The van der Waals surface area contributed by atoms with E-state index < -0.39 is 10.0 Å². The van der Waals surface area contributed by atoms with E-state index in [9.17, 15) is 13.2 Å². The molecule has 0 saturated heterocycles. The number of halogens is 3. The van der Waals surface area contributed by atoms with Gasteiger partial charge in [0.15, 0.2) is 0 Å². The summed E-state index contributed by atoms with van der Waals surface area (Å²) >= 11 is 15.5. The Labute approximate surface area is 189 Å². The molecule has 2 aromatic rings. The fourth-order valence-electron chi connectivity index (χ4n) is 3.33. The zero-order valence-corrected chi connectivity index (χ0v) is 19.5. The number of hydrogen-bond acceptors (Lipinski definition) is 3. The summed E-state index contributed by atoms with van der Waals surface area (Å²) in [5, 5.41) is 3.75. The van der Waals surface area contributed by atoms with Crippen LogP contribution in [0.25, 0.3) is 0 Å². The lowest BCUT2D eigenvalue weighted by Crippen LogP contribution is -2.43. The standard InChI is InChI=1S/C20H21BrCl2N2O3S/c21-15-6-9-18(10-7-15)29(27,28)25(12-14-5-8-16(22)11-19(14)23)13-20(26)24-17-3-1-2-4-17/h5-11,17H,1-4,12-13H2,(H,24,26). The average molecular weight is 520 g/mol. The second-order valence-electron chi connectivity index (χ2n) is 7.01. The first-order valence-corrected chi connectivity index (χ1v) is 12.2. The maximum absolute atomic E-state index is 13.3. The second kappa shape index (κ2) is 9.79. The number of hydrogen-bond donors (Lipinski definition) is 1. The lowest BCUT2D eigenvalue weighted by atomic mass is 10.2. The molecule has 1 amide bonds. The van der Waals surface area contributed by atoms with Crippen molar-refractivity contribution >= 4 is 55.1 Å². The number of sulfonamides is 1. The Morgan fingerprint density at radius 1 is 1.10 bits per heavy atom. The van der Waals surface area contributed by atoms with Crippen molar-refractivity contribution in [1.29, 1.82) is 0 Å². The smallest absolute Gasteiger partial charge is 0.243 e. The van der Waals surface area contributed by atoms with E-state index in [-0.39, 0.29) is 29.9 Å². The minimum atomic E-state index is -3.91. The van der Waals surface area contributed by atoms with Gasteiger partial charge in [-0.3, -0.25) is 4.79 Å². The summed E-state index contributed by atoms with van der Waals surface area (Å²) in [5.41, 5.74) is 0.574. The predicted octanol–water partition coefficient (Wildman–Crippen LogP) is 5.01. The maximum atomic E-state index is 13.3. The zero-order chi connectivity index (χ0) is 21.0. The fraction of sp³-hybridized carbons (Fsp3) is 0.350. The van der Waals surface area contributed by atoms with Crippen LogP contribution in [0.2, 0.25) is 10.0 Å². The monoisotopic (exact) mass is 518 g/mol. The number of amides is 1. The lowest BCUT2D eigenvalue weighted by Gasteiger charge is -2.23. The third-order valence-corrected chi connectivity index (χ3v) is 7.77. The molecule has 0 radical (unpaired) electrons. The highest BCUT2D eigenvalue weighted by Crippen LogP contribution is 2.26. The maximum Gasteiger partial charge on any atom is 0.243 e. The van der Waals surface area contributed by atoms with Crippen LogP contribution in [0.3, 0.4) is 0 Å². The molecule has 0 aliphatic heterocycles. The van der Waals surface area contributed by atoms with Gasteiger partial charge in [0.2, 0.25) is 15.9 Å². The van der Waals surface area contributed by atoms with Gasteiger partial charge in [-0.1, -0.05) is 58.0 Å². The summed E-state index contributed by atoms with van der Waals surface area (Å²) < 4.78 is 28.4. The lowest BCUT2D eigenvalue weighted by molar-refractivity contribution is -0.122. The highest BCUT2D eigenvalue weighted by Gasteiger charge is 2.28. The summed E-state index contributed by atoms with van der Waals surface area (Å²) in [6.45, 7) is -0.319. The molecule has 1 fully saturated rings. The summed E-state index contributed by atoms with van der Waals surface area (Å²) in [6.07, 6.45) is 4.00. The summed E-state index contributed by atoms with van der Waals surface area (Å²) in [7, 11) is -3.91. The van der Waals surface area contributed by atoms with Crippen molar-refractivity contribution in [3.8, 4) is 0 Å². The normalized spacial score (nSPS) is 15.0. The number of rotatable bonds is 7. The Hall–Kier alpha value is -1.12. The summed E-state index contributed by atoms with van der Waals surface area (Å²) in [4.78, 5) is 12.7. The van der Waals surface area contributed by atoms with Gasteiger partial charge in [-0.2, -0.15) is 4.31 Å². The highest BCUT2D eigenvalue weighted by molar-refractivity contribution is 9.10. The van der Waals surface area contributed by atoms with Gasteiger partial charge in [0.1, 0.15) is 0 Å². The SMILES string of the molecule is O=C(CN(Cc1ccc(Cl)cc1Cl)S(=O)(=O)c1ccc(Br)cc1)NC1CCCC1. The van der Waals surface area contributed by atoms with E-state index >= 15 is 0 Å². The van der Waals surface area contributed by atoms with Gasteiger partial charge < -0.3 is 5.32 Å². The van der Waals surface area contributed by atoms with Crippen LogP contribution in [0.4, 0.5) is 0 Å². The largest absolute Gasteiger partial charge is 0.352 e. The number of carbonyl (C=O) groups excluding carboxylic acids is 1. The Morgan fingerprint density at radius 3 is 2.38 bits per heavy atom. The van der Waals surface area contributed by atoms with Crippen LogP contribution in [-0.2, 0) is 21.4 Å². The third-order valence-electron chi connectivity index (χ3n) is 4.85. The van der Waals surface area contributed by atoms with E-state index in [1.165, 1.54) is 12.1 Å². The number of nitrogens with one attached hydrogen (secondary N) is 1. The van der Waals surface area contributed by atoms with E-state index in [4.69, 9.17) is 23.2 Å². The molecule has 0 spiro atoms. The second-order valence-corrected chi connectivity index (χ2v) is 10.7. The van der Waals surface area contributed by atoms with Gasteiger partial charge in [-0.15, -0.1) is 0 Å². The van der Waals surface area contributed by atoms with Crippen LogP contribution >= 0.6 is 39.1 Å². The van der Waals surface area contributed by atoms with Gasteiger partial charge in [0, 0.05) is 27.1 Å². The van der Waals surface area contributed by atoms with Crippen molar-refractivity contribution in [2.75, 3.05) is 6.54 Å². The molecule has 156 valence electrons. The van der Waals surface area contributed by atoms with Gasteiger partial charge in [-0.25, -0.2) is 8.42 Å². The molecule has 1 saturated carbocycles. The molecular weight excluding hydrogens is 499 g/mol. The molecular formula is C20H21BrCl2N2O3S. The molecule has 1 N–H and O–H groups in total. The molecule has 1 aliphatic carbocycles. The molecule has 0 unspecified atom stereocenters. The Balaban J connectivity index is 1.87. The van der Waals surface area contributed by atoms with E-state index in [1.54, 1.807) is 30.3 Å². The molecule has 5 nitrogen and oxygen atoms in total. The number of benzene rings is 2. The summed E-state index contributed by atoms with van der Waals surface area (Å²) in [5.74, 6) is -0.317. The van der Waals surface area contributed by atoms with Crippen LogP contribution in [-0.4, -0.2) is 31.2 Å². The van der Waals surface area contributed by atoms with Crippen molar-refractivity contribution < 1.29 is 13.2 Å². The average Bonchev–Trinajstić information content (AvgIpc) is 3.16. The van der Waals surface area contributed by atoms with Gasteiger partial charge in [0.05, 0.1) is 11.4 Å². The topological polar surface area (TPSA) is 66.5 Å². The molecule has 0 atom stereocenters. The molecule has 1 aliphatic rings. The predicted molar refractivity (Wildman–Crippen MR) is 119 cm³/mol. The van der Waals surface area contributed by atoms with Crippen molar-refractivity contribution in [3.63, 3.8) is 0 Å². The summed E-state index contributed by atoms with van der Waals surface area (Å²) in [6, 6.07) is 11.3. The van der Waals surface area contributed by atoms with Crippen LogP contribution in [0.1, 0.15) is 31.2 Å². The first-order chi connectivity index (χ1) is 13.8. The van der Waals surface area contributed by atoms with E-state index in [0.29, 0.717) is 15.6 Å². The van der Waals surface area contributed by atoms with Gasteiger partial charge >= 0.3 is 0 Å². The Bertz CT molecular complexity index is 978. The molecule has 9 heteroatoms. The van der Waals surface area contributed by atoms with E-state index in [0.717, 1.165) is 34.5 Å². The molecule has 2 aromatic carbocycles. The van der Waals surface area contributed by atoms with Crippen LogP contribution in [0.5, 0.6) is 0 Å². The number of nitrogens with zero attached hydrogens (tertiary/aromatic N) is 1. The third kappa shape index (κ3) is 5.95. The number of carbonyl (C=O) groups is 1. The fourth-order valence-corrected chi connectivity index (χ4v) is 5.43. The minimum Gasteiger partial charge on any atom is -0.352 e. The highest BCUT2D eigenvalue weighted by atomic mass is 79.9. The molecule has 29 heavy (non-hydrogen) atoms. The molecule has 0 aromatic heterocycles. The Morgan fingerprint density at radius 2 is 1.76 bits per heavy atom. The minimum absolute atomic E-state index is 0.0352. The van der Waals surface area contributed by atoms with Crippen LogP contribution in [0.15, 0.2) is 51.8 Å². The molecule has 3 rings (SSSR count). The van der Waals surface area contributed by atoms with Crippen LogP contribution < -0.4 is 5.32 Å². The Kier molecular flexibility index (Phi) is 7.62. The molecule has 0 bridgehead atoms. The van der Waals surface area contributed by atoms with Gasteiger partial charge in [0.25, 0.3) is 0 Å². The zero-order valence-electron chi connectivity index (χ0n) is 15.6. The molecule has 0 heterocycles. The first-order valence-electron chi connectivity index (χ1n) is 9.25. The quantitative estimate of drug-likeness (QED) is 0.559. The first kappa shape index (κ1) is 22.6. The van der Waals surface area contributed by atoms with Crippen molar-refractivity contribution in [2.24, 2.45) is 0 Å². The van der Waals surface area contributed by atoms with E-state index in [1.807, 2.05) is 0 Å². The van der Waals surface area contributed by atoms with Crippen molar-refractivity contribution in [2.45, 2.75) is 43.2 Å². The van der Waals surface area contributed by atoms with Crippen molar-refractivity contribution in [3.05, 3.63) is 62.5 Å². The van der Waals surface area contributed by atoms with E-state index in [2.05, 4.69) is 21.2 Å². The van der Waals surface area contributed by atoms with Crippen molar-refractivity contribution in [1.82, 2.24) is 9.62 Å².